The number of ether oxygens (including phenoxy) is 5. The normalized spacial score (nSPS) is 25.2. The summed E-state index contributed by atoms with van der Waals surface area (Å²) >= 11 is 9.53. The summed E-state index contributed by atoms with van der Waals surface area (Å²) in [5.74, 6) is -2.49. The van der Waals surface area contributed by atoms with E-state index >= 15 is 0 Å². The summed E-state index contributed by atoms with van der Waals surface area (Å²) in [6, 6.07) is 5.17. The van der Waals surface area contributed by atoms with Gasteiger partial charge < -0.3 is 53.0 Å². The molecule has 3 unspecified atom stereocenters. The van der Waals surface area contributed by atoms with Gasteiger partial charge in [0.25, 0.3) is 0 Å². The average molecular weight is 1320 g/mol. The molecule has 88 heavy (non-hydrogen) atoms. The van der Waals surface area contributed by atoms with Gasteiger partial charge in [0.2, 0.25) is 16.6 Å². The van der Waals surface area contributed by atoms with Crippen molar-refractivity contribution in [1.29, 1.82) is 0 Å². The highest BCUT2D eigenvalue weighted by molar-refractivity contribution is 6.78. The number of carbonyl (C=O) groups excluding carboxylic acids is 3. The maximum Gasteiger partial charge on any atom is 0.349 e. The van der Waals surface area contributed by atoms with Gasteiger partial charge in [-0.15, -0.1) is 23.2 Å². The maximum absolute atomic E-state index is 12.8. The predicted molar refractivity (Wildman–Crippen MR) is 336 cm³/mol. The number of alkyl halides is 2. The quantitative estimate of drug-likeness (QED) is 0.0355. The molecule has 4 fully saturated rings. The van der Waals surface area contributed by atoms with E-state index in [9.17, 15) is 48.9 Å². The molecule has 12 atom stereocenters. The number of carboxylic acids is 1. The van der Waals surface area contributed by atoms with Crippen molar-refractivity contribution in [1.82, 2.24) is 28.7 Å². The fourth-order valence-corrected chi connectivity index (χ4v) is 23.5. The molecule has 0 bridgehead atoms. The first-order valence-corrected chi connectivity index (χ1v) is 35.8. The molecule has 498 valence electrons. The maximum atomic E-state index is 12.8. The van der Waals surface area contributed by atoms with Crippen LogP contribution < -0.4 is 17.1 Å². The molecule has 0 amide bonds. The first-order valence-electron chi connectivity index (χ1n) is 30.5. The molecule has 0 radical (unpaired) electrons. The second kappa shape index (κ2) is 35.3. The highest BCUT2D eigenvalue weighted by atomic mass is 35.5. The van der Waals surface area contributed by atoms with E-state index in [1.54, 1.807) is 51.4 Å². The van der Waals surface area contributed by atoms with Crippen LogP contribution in [0.3, 0.4) is 0 Å². The standard InChI is InChI=1S/C24H40N2O7Si.C20H36N2O4Si.C11H16N2O4.C4H4O3.CH2Cl2/c1-9-18-21(32-20(29)11-10-19(27)28)22(33-34(14(2)3,15(4)5)16(6)7)23(31-18)26-13-12-17(8)25-24(26)30;1-9-16-17(23)18(26-27(12(2)3,13(4)5)14(6)7)19(25-16)22-11-10-15(8)21-20(22)24;1-3-7-8(14)9(15)10(17-7)13-5-4-6(2)12-11(13)16;5-3-1-2-4(6)7-3;2-1-3/h12-16,18,21-23H,9-11H2,1-8H3,(H,27,28);10-14,16-19,23H,9H2,1-8H3;4-5,7-10,14-15H,3H2,1-2H3;1-2H2;1H2/t18-,21?,22+,23-;16-,17?,18+,19-;7-,8?,9+,10-;;/m111../s1. The van der Waals surface area contributed by atoms with Gasteiger partial charge >= 0.3 is 40.9 Å². The minimum atomic E-state index is -2.47. The third-order valence-corrected chi connectivity index (χ3v) is 28.7. The summed E-state index contributed by atoms with van der Waals surface area (Å²) < 4.78 is 45.7. The molecule has 4 aliphatic rings. The molecule has 0 aromatic carbocycles. The van der Waals surface area contributed by atoms with Crippen LogP contribution in [-0.4, -0.2) is 150 Å². The van der Waals surface area contributed by atoms with E-state index in [1.807, 2.05) is 20.8 Å². The lowest BCUT2D eigenvalue weighted by Crippen LogP contribution is -2.54. The van der Waals surface area contributed by atoms with Gasteiger partial charge in [0.1, 0.15) is 30.5 Å². The van der Waals surface area contributed by atoms with Gasteiger partial charge in [-0.2, -0.15) is 15.0 Å². The molecular formula is C60H98Cl2N6O18Si2. The number of hydrogen-bond acceptors (Lipinski definition) is 20. The van der Waals surface area contributed by atoms with E-state index in [4.69, 9.17) is 56.1 Å². The number of esters is 3. The highest BCUT2D eigenvalue weighted by Crippen LogP contribution is 2.48. The third-order valence-electron chi connectivity index (χ3n) is 16.5. The minimum absolute atomic E-state index is 0.194. The van der Waals surface area contributed by atoms with E-state index < -0.39 is 119 Å². The Morgan fingerprint density at radius 3 is 1.18 bits per heavy atom. The molecule has 0 aliphatic carbocycles. The third kappa shape index (κ3) is 19.5. The molecule has 28 heteroatoms. The smallest absolute Gasteiger partial charge is 0.349 e. The van der Waals surface area contributed by atoms with Crippen molar-refractivity contribution >= 4 is 63.7 Å². The summed E-state index contributed by atoms with van der Waals surface area (Å²) in [6.07, 6.45) is -2.00. The van der Waals surface area contributed by atoms with Crippen molar-refractivity contribution in [2.45, 2.75) is 276 Å². The molecule has 3 aromatic rings. The van der Waals surface area contributed by atoms with Crippen LogP contribution in [0.1, 0.15) is 185 Å². The Kier molecular flexibility index (Phi) is 31.1. The molecule has 4 aliphatic heterocycles. The molecule has 7 heterocycles. The van der Waals surface area contributed by atoms with Crippen molar-refractivity contribution in [3.8, 4) is 0 Å². The lowest BCUT2D eigenvalue weighted by Gasteiger charge is -2.45. The minimum Gasteiger partial charge on any atom is -0.481 e. The number of cyclic esters (lactones) is 2. The number of carbonyl (C=O) groups is 4. The first-order chi connectivity index (χ1) is 41.1. The molecule has 24 nitrogen and oxygen atoms in total. The lowest BCUT2D eigenvalue weighted by atomic mass is 10.1. The Morgan fingerprint density at radius 2 is 0.864 bits per heavy atom. The molecule has 4 saturated heterocycles. The van der Waals surface area contributed by atoms with Gasteiger partial charge in [-0.1, -0.05) is 104 Å². The van der Waals surface area contributed by atoms with Gasteiger partial charge in [-0.25, -0.2) is 14.4 Å². The Hall–Kier alpha value is -4.59. The molecule has 4 N–H and O–H groups in total. The van der Waals surface area contributed by atoms with Crippen LogP contribution in [0.15, 0.2) is 51.2 Å². The zero-order valence-corrected chi connectivity index (χ0v) is 58.0. The molecular weight excluding hydrogens is 1220 g/mol. The summed E-state index contributed by atoms with van der Waals surface area (Å²) in [7, 11) is -4.72. The summed E-state index contributed by atoms with van der Waals surface area (Å²) in [5.41, 5.74) is 2.42. The number of carboxylic acid groups (broad SMARTS) is 1. The second-order valence-corrected chi connectivity index (χ2v) is 35.9. The van der Waals surface area contributed by atoms with Crippen molar-refractivity contribution in [2.24, 2.45) is 0 Å². The Morgan fingerprint density at radius 1 is 0.534 bits per heavy atom. The number of aryl methyl sites for hydroxylation is 3. The molecule has 0 saturated carbocycles. The van der Waals surface area contributed by atoms with Gasteiger partial charge in [-0.3, -0.25) is 32.9 Å². The van der Waals surface area contributed by atoms with Crippen LogP contribution >= 0.6 is 23.2 Å². The van der Waals surface area contributed by atoms with Crippen molar-refractivity contribution in [3.63, 3.8) is 0 Å². The monoisotopic (exact) mass is 1320 g/mol. The topological polar surface area (TPSA) is 318 Å². The van der Waals surface area contributed by atoms with E-state index in [0.717, 1.165) is 0 Å². The van der Waals surface area contributed by atoms with E-state index in [1.165, 1.54) is 19.9 Å². The van der Waals surface area contributed by atoms with E-state index in [2.05, 4.69) is 103 Å². The second-order valence-electron chi connectivity index (χ2n) is 24.3. The van der Waals surface area contributed by atoms with Gasteiger partial charge in [-0.05, 0) is 91.5 Å². The van der Waals surface area contributed by atoms with Crippen LogP contribution in [0.2, 0.25) is 33.2 Å². The number of aliphatic carboxylic acids is 1. The molecule has 7 rings (SSSR count). The SMILES string of the molecule is CC[C@H]1O[C@@H](n2ccc(C)nc2=O)[C@@H](O)C1O.CC[C@H]1O[C@@H](n2ccc(C)nc2=O)[C@@H](O[Si](C(C)C)(C(C)C)C(C)C)C1O.CC[C@H]1O[C@@H](n2ccc(C)nc2=O)[C@@H](O[Si](C(C)C)(C(C)C)C(C)C)C1OC(=O)CCC(=O)O.ClCCl.O=C1CCC(=O)O1. The predicted octanol–water partition coefficient (Wildman–Crippen LogP) is 8.83. The van der Waals surface area contributed by atoms with Gasteiger partial charge in [0, 0.05) is 35.7 Å². The summed E-state index contributed by atoms with van der Waals surface area (Å²) in [5, 5.41) is 39.7. The lowest BCUT2D eigenvalue weighted by molar-refractivity contribution is -0.157. The van der Waals surface area contributed by atoms with Crippen LogP contribution in [0.25, 0.3) is 0 Å². The summed E-state index contributed by atoms with van der Waals surface area (Å²) in [6.45, 7) is 37.1. The van der Waals surface area contributed by atoms with E-state index in [-0.39, 0.29) is 59.4 Å². The fraction of sp³-hybridized carbons (Fsp3) is 0.733. The Balaban J connectivity index is 0.000000331. The molecule has 3 aromatic heterocycles. The number of nitrogens with zero attached hydrogens (tertiary/aromatic N) is 6. The summed E-state index contributed by atoms with van der Waals surface area (Å²) in [4.78, 5) is 92.3. The van der Waals surface area contributed by atoms with Crippen LogP contribution in [0.4, 0.5) is 0 Å². The fourth-order valence-electron chi connectivity index (χ4n) is 12.4. The zero-order chi connectivity index (χ0) is 66.9. The van der Waals surface area contributed by atoms with Crippen molar-refractivity contribution < 1.29 is 72.1 Å². The number of aromatic nitrogens is 6. The van der Waals surface area contributed by atoms with Crippen LogP contribution in [0.5, 0.6) is 0 Å². The average Bonchev–Trinajstić information content (AvgIpc) is 1.74. The van der Waals surface area contributed by atoms with Crippen molar-refractivity contribution in [3.05, 3.63) is 85.3 Å². The number of rotatable bonds is 20. The number of halogens is 2. The van der Waals surface area contributed by atoms with Gasteiger partial charge in [0.05, 0.1) is 49.3 Å². The Labute approximate surface area is 529 Å². The zero-order valence-electron chi connectivity index (χ0n) is 54.5. The number of aliphatic hydroxyl groups is 3. The molecule has 0 spiro atoms. The van der Waals surface area contributed by atoms with Gasteiger partial charge in [0.15, 0.2) is 24.8 Å². The Bertz CT molecular complexity index is 2850. The highest BCUT2D eigenvalue weighted by Gasteiger charge is 2.56. The van der Waals surface area contributed by atoms with Crippen molar-refractivity contribution in [2.75, 3.05) is 5.34 Å². The first kappa shape index (κ1) is 77.7. The number of aliphatic hydroxyl groups excluding tert-OH is 3. The van der Waals surface area contributed by atoms with Crippen LogP contribution in [0, 0.1) is 20.8 Å². The van der Waals surface area contributed by atoms with E-state index in [0.29, 0.717) is 53.0 Å². The van der Waals surface area contributed by atoms with Crippen LogP contribution in [-0.2, 0) is 51.7 Å². The number of hydrogen-bond donors (Lipinski definition) is 4. The largest absolute Gasteiger partial charge is 0.481 e.